The molecular formula is C2HCeO4. The van der Waals surface area contributed by atoms with Crippen molar-refractivity contribution in [3.8, 4) is 0 Å². The summed E-state index contributed by atoms with van der Waals surface area (Å²) in [6.07, 6.45) is 0. The van der Waals surface area contributed by atoms with Crippen LogP contribution in [0.2, 0.25) is 0 Å². The van der Waals surface area contributed by atoms with Crippen molar-refractivity contribution in [2.75, 3.05) is 0 Å². The zero-order chi connectivity index (χ0) is 5.86. The van der Waals surface area contributed by atoms with Crippen molar-refractivity contribution in [1.29, 1.82) is 0 Å². The van der Waals surface area contributed by atoms with Crippen LogP contribution in [0.15, 0.2) is 0 Å². The second-order valence-corrected chi connectivity index (χ2v) is 1.34. The van der Waals surface area contributed by atoms with E-state index in [4.69, 9.17) is 5.11 Å². The zero-order valence-electron chi connectivity index (χ0n) is 3.17. The number of carboxylic acids is 1. The third-order valence-corrected chi connectivity index (χ3v) is 0.849. The van der Waals surface area contributed by atoms with Crippen molar-refractivity contribution in [1.82, 2.24) is 0 Å². The first kappa shape index (κ1) is 7.32. The predicted molar refractivity (Wildman–Crippen MR) is 13.7 cm³/mol. The van der Waals surface area contributed by atoms with Gasteiger partial charge in [0, 0.05) is 0 Å². The molecule has 0 amide bonds. The van der Waals surface area contributed by atoms with Crippen molar-refractivity contribution in [2.24, 2.45) is 0 Å². The molecule has 5 heteroatoms. The molecule has 7 heavy (non-hydrogen) atoms. The summed E-state index contributed by atoms with van der Waals surface area (Å²) in [5.41, 5.74) is 0. The van der Waals surface area contributed by atoms with E-state index in [0.717, 1.165) is 0 Å². The predicted octanol–water partition coefficient (Wildman–Crippen LogP) is -0.921. The first-order valence-corrected chi connectivity index (χ1v) is 2.57. The summed E-state index contributed by atoms with van der Waals surface area (Å²) in [6.45, 7) is 0. The molecule has 0 aliphatic heterocycles. The van der Waals surface area contributed by atoms with Gasteiger partial charge < -0.3 is 0 Å². The summed E-state index contributed by atoms with van der Waals surface area (Å²) in [6, 6.07) is 0. The van der Waals surface area contributed by atoms with Gasteiger partial charge in [0.05, 0.1) is 0 Å². The van der Waals surface area contributed by atoms with Crippen LogP contribution in [0.25, 0.3) is 0 Å². The molecule has 0 fully saturated rings. The number of hydrogen-bond acceptors (Lipinski definition) is 3. The number of hydrogen-bond donors (Lipinski definition) is 1. The van der Waals surface area contributed by atoms with Crippen molar-refractivity contribution in [2.45, 2.75) is 0 Å². The molecule has 0 aliphatic carbocycles. The number of carboxylic acid groups (broad SMARTS) is 1. The molecule has 0 spiro atoms. The van der Waals surface area contributed by atoms with Crippen LogP contribution in [-0.2, 0) is 10.5 Å². The SMILES string of the molecule is O=C(O)C(=O)[O][Ce]. The molecule has 0 aliphatic rings. The van der Waals surface area contributed by atoms with E-state index < -0.39 is 11.9 Å². The normalized spacial score (nSPS) is 7.29. The third kappa shape index (κ3) is 2.95. The Morgan fingerprint density at radius 1 is 1.57 bits per heavy atom. The van der Waals surface area contributed by atoms with E-state index in [-0.39, 0.29) is 40.2 Å². The van der Waals surface area contributed by atoms with Gasteiger partial charge in [0.15, 0.2) is 0 Å². The van der Waals surface area contributed by atoms with Gasteiger partial charge in [-0.25, -0.2) is 0 Å². The summed E-state index contributed by atoms with van der Waals surface area (Å²) in [5.74, 6) is -2.71. The van der Waals surface area contributed by atoms with Gasteiger partial charge in [-0.3, -0.25) is 0 Å². The van der Waals surface area contributed by atoms with E-state index in [1.54, 1.807) is 0 Å². The van der Waals surface area contributed by atoms with Crippen molar-refractivity contribution in [3.05, 3.63) is 0 Å². The molecule has 0 unspecified atom stereocenters. The quantitative estimate of drug-likeness (QED) is 0.545. The molecule has 0 rings (SSSR count). The number of aliphatic carboxylic acids is 1. The van der Waals surface area contributed by atoms with E-state index in [2.05, 4.69) is 0.951 Å². The fourth-order valence-corrected chi connectivity index (χ4v) is 0.318. The number of rotatable bonds is 0. The Kier molecular flexibility index (Phi) is 3.49. The maximum absolute atomic E-state index is 9.72. The van der Waals surface area contributed by atoms with E-state index in [9.17, 15) is 9.59 Å². The maximum atomic E-state index is 9.72. The fourth-order valence-electron chi connectivity index (χ4n) is 0.0437. The molecule has 0 aromatic carbocycles. The standard InChI is InChI=1S/C2H2O4.Ce/c3-1(4)2(5)6;/h(H,3,4)(H,5,6);/q;+1/p-1. The minimum absolute atomic E-state index is 0.140. The summed E-state index contributed by atoms with van der Waals surface area (Å²) in [5, 5.41) is 7.73. The van der Waals surface area contributed by atoms with Crippen LogP contribution in [-0.4, -0.2) is 17.0 Å². The molecule has 0 atom stereocenters. The number of carbonyl (C=O) groups is 2. The van der Waals surface area contributed by atoms with Crippen molar-refractivity contribution < 1.29 is 55.9 Å². The van der Waals surface area contributed by atoms with Crippen molar-refractivity contribution >= 4 is 11.9 Å². The van der Waals surface area contributed by atoms with Crippen molar-refractivity contribution in [3.63, 3.8) is 0 Å². The molecule has 4 nitrogen and oxygen atoms in total. The summed E-state index contributed by atoms with van der Waals surface area (Å²) in [7, 11) is 0. The Labute approximate surface area is 67.2 Å². The van der Waals surface area contributed by atoms with Gasteiger partial charge in [-0.2, -0.15) is 0 Å². The van der Waals surface area contributed by atoms with Gasteiger partial charge in [0.1, 0.15) is 0 Å². The Bertz CT molecular complexity index is 97.9. The van der Waals surface area contributed by atoms with Crippen LogP contribution in [0.4, 0.5) is 0 Å². The van der Waals surface area contributed by atoms with Gasteiger partial charge in [0.25, 0.3) is 0 Å². The molecule has 0 radical (unpaired) electrons. The van der Waals surface area contributed by atoms with Gasteiger partial charge in [-0.1, -0.05) is 0 Å². The topological polar surface area (TPSA) is 63.6 Å². The van der Waals surface area contributed by atoms with Crippen LogP contribution in [0.1, 0.15) is 0 Å². The number of carbonyl (C=O) groups excluding carboxylic acids is 1. The molecule has 0 saturated heterocycles. The first-order chi connectivity index (χ1) is 3.18. The fraction of sp³-hybridized carbons (Fsp3) is 0. The van der Waals surface area contributed by atoms with Crippen LogP contribution < -0.4 is 0 Å². The second-order valence-electron chi connectivity index (χ2n) is 0.695. The molecule has 0 bridgehead atoms. The van der Waals surface area contributed by atoms with Crippen LogP contribution in [0.5, 0.6) is 0 Å². The van der Waals surface area contributed by atoms with E-state index in [1.807, 2.05) is 0 Å². The Morgan fingerprint density at radius 3 is 2.00 bits per heavy atom. The minimum atomic E-state index is -1.53. The Hall–Kier alpha value is 0.317. The van der Waals surface area contributed by atoms with Crippen LogP contribution in [0.3, 0.4) is 0 Å². The summed E-state index contributed by atoms with van der Waals surface area (Å²) >= 11 is 0.140. The van der Waals surface area contributed by atoms with Crippen LogP contribution >= 0.6 is 0 Å². The molecule has 0 aromatic heterocycles. The van der Waals surface area contributed by atoms with Gasteiger partial charge >= 0.3 is 67.8 Å². The molecule has 37 valence electrons. The van der Waals surface area contributed by atoms with E-state index in [1.165, 1.54) is 0 Å². The average Bonchev–Trinajstić information content (AvgIpc) is 1.65. The Balaban J connectivity index is 3.58. The van der Waals surface area contributed by atoms with Crippen LogP contribution in [0, 0.1) is 40.2 Å². The molecular weight excluding hydrogens is 228 g/mol. The first-order valence-electron chi connectivity index (χ1n) is 1.29. The van der Waals surface area contributed by atoms with E-state index in [0.29, 0.717) is 0 Å². The second kappa shape index (κ2) is 3.34. The molecule has 1 N–H and O–H groups in total. The zero-order valence-corrected chi connectivity index (χ0v) is 6.31. The molecule has 0 saturated carbocycles. The molecule has 0 aromatic rings. The summed E-state index contributed by atoms with van der Waals surface area (Å²) < 4.78 is 3.91. The molecule has 0 heterocycles. The van der Waals surface area contributed by atoms with Gasteiger partial charge in [0.2, 0.25) is 0 Å². The third-order valence-electron chi connectivity index (χ3n) is 0.267. The van der Waals surface area contributed by atoms with Gasteiger partial charge in [-0.15, -0.1) is 0 Å². The Morgan fingerprint density at radius 2 is 2.00 bits per heavy atom. The summed E-state index contributed by atoms with van der Waals surface area (Å²) in [4.78, 5) is 19.2. The van der Waals surface area contributed by atoms with Gasteiger partial charge in [-0.05, 0) is 0 Å². The monoisotopic (exact) mass is 229 g/mol. The average molecular weight is 229 g/mol. The van der Waals surface area contributed by atoms with E-state index >= 15 is 0 Å².